The first-order valence-corrected chi connectivity index (χ1v) is 6.17. The Morgan fingerprint density at radius 2 is 1.72 bits per heavy atom. The highest BCUT2D eigenvalue weighted by Crippen LogP contribution is 2.13. The second-order valence-corrected chi connectivity index (χ2v) is 4.28. The summed E-state index contributed by atoms with van der Waals surface area (Å²) in [7, 11) is 0. The Kier molecular flexibility index (Phi) is 3.90. The Hall–Kier alpha value is -1.93. The number of nitrogens with two attached hydrogens (primary N) is 1. The van der Waals surface area contributed by atoms with Gasteiger partial charge in [0.15, 0.2) is 5.78 Å². The molecular weight excluding hydrogens is 222 g/mol. The molecule has 0 unspecified atom stereocenters. The number of carbonyl (C=O) groups excluding carboxylic acids is 1. The summed E-state index contributed by atoms with van der Waals surface area (Å²) in [5, 5.41) is 0. The van der Waals surface area contributed by atoms with E-state index in [9.17, 15) is 4.79 Å². The maximum absolute atomic E-state index is 12.3. The number of benzene rings is 2. The van der Waals surface area contributed by atoms with Crippen LogP contribution in [0, 0.1) is 0 Å². The van der Waals surface area contributed by atoms with Gasteiger partial charge in [0.2, 0.25) is 0 Å². The fourth-order valence-electron chi connectivity index (χ4n) is 1.90. The lowest BCUT2D eigenvalue weighted by Crippen LogP contribution is -2.03. The molecule has 2 rings (SSSR count). The number of carbonyl (C=O) groups is 1. The van der Waals surface area contributed by atoms with Crippen LogP contribution >= 0.6 is 0 Å². The third-order valence-electron chi connectivity index (χ3n) is 3.05. The molecule has 0 bridgehead atoms. The van der Waals surface area contributed by atoms with E-state index in [1.54, 1.807) is 0 Å². The highest BCUT2D eigenvalue weighted by atomic mass is 16.1. The van der Waals surface area contributed by atoms with E-state index >= 15 is 0 Å². The maximum Gasteiger partial charge on any atom is 0.193 e. The van der Waals surface area contributed by atoms with Gasteiger partial charge in [-0.1, -0.05) is 49.4 Å². The van der Waals surface area contributed by atoms with Crippen LogP contribution in [0.3, 0.4) is 0 Å². The average molecular weight is 239 g/mol. The van der Waals surface area contributed by atoms with Crippen molar-refractivity contribution in [1.29, 1.82) is 0 Å². The molecule has 0 fully saturated rings. The van der Waals surface area contributed by atoms with Crippen molar-refractivity contribution in [2.75, 3.05) is 0 Å². The molecule has 0 aliphatic heterocycles. The van der Waals surface area contributed by atoms with Gasteiger partial charge in [0, 0.05) is 17.7 Å². The van der Waals surface area contributed by atoms with Crippen molar-refractivity contribution in [2.24, 2.45) is 5.73 Å². The van der Waals surface area contributed by atoms with Gasteiger partial charge in [0.05, 0.1) is 0 Å². The van der Waals surface area contributed by atoms with Gasteiger partial charge in [-0.15, -0.1) is 0 Å². The Morgan fingerprint density at radius 3 is 2.33 bits per heavy atom. The van der Waals surface area contributed by atoms with Gasteiger partial charge < -0.3 is 5.73 Å². The van der Waals surface area contributed by atoms with E-state index in [-0.39, 0.29) is 5.78 Å². The number of hydrogen-bond acceptors (Lipinski definition) is 2. The fraction of sp³-hybridized carbons (Fsp3) is 0.188. The number of rotatable bonds is 4. The molecule has 0 spiro atoms. The van der Waals surface area contributed by atoms with Gasteiger partial charge in [-0.05, 0) is 23.6 Å². The summed E-state index contributed by atoms with van der Waals surface area (Å²) in [6.45, 7) is 2.55. The van der Waals surface area contributed by atoms with Crippen molar-refractivity contribution in [3.05, 3.63) is 70.8 Å². The van der Waals surface area contributed by atoms with E-state index in [4.69, 9.17) is 5.73 Å². The summed E-state index contributed by atoms with van der Waals surface area (Å²) in [5.74, 6) is 0.0490. The highest BCUT2D eigenvalue weighted by molar-refractivity contribution is 6.09. The third kappa shape index (κ3) is 2.66. The molecular formula is C16H17NO. The monoisotopic (exact) mass is 239 g/mol. The SMILES string of the molecule is CCc1ccc(C(=O)c2cccc(CN)c2)cc1. The van der Waals surface area contributed by atoms with Crippen LogP contribution in [0.15, 0.2) is 48.5 Å². The molecule has 2 nitrogen and oxygen atoms in total. The van der Waals surface area contributed by atoms with Crippen LogP contribution in [-0.2, 0) is 13.0 Å². The summed E-state index contributed by atoms with van der Waals surface area (Å²) < 4.78 is 0. The average Bonchev–Trinajstić information content (AvgIpc) is 2.46. The molecule has 0 saturated heterocycles. The quantitative estimate of drug-likeness (QED) is 0.834. The summed E-state index contributed by atoms with van der Waals surface area (Å²) in [6.07, 6.45) is 0.983. The van der Waals surface area contributed by atoms with Crippen LogP contribution in [0.1, 0.15) is 34.0 Å². The van der Waals surface area contributed by atoms with E-state index in [0.717, 1.165) is 17.5 Å². The standard InChI is InChI=1S/C16H17NO/c1-2-12-6-8-14(9-7-12)16(18)15-5-3-4-13(10-15)11-17/h3-10H,2,11,17H2,1H3. The predicted octanol–water partition coefficient (Wildman–Crippen LogP) is 2.94. The maximum atomic E-state index is 12.3. The number of ketones is 1. The second-order valence-electron chi connectivity index (χ2n) is 4.28. The largest absolute Gasteiger partial charge is 0.326 e. The van der Waals surface area contributed by atoms with Crippen molar-refractivity contribution >= 4 is 5.78 Å². The zero-order valence-corrected chi connectivity index (χ0v) is 10.5. The molecule has 0 saturated carbocycles. The van der Waals surface area contributed by atoms with Crippen molar-refractivity contribution < 1.29 is 4.79 Å². The Bertz CT molecular complexity index is 543. The van der Waals surface area contributed by atoms with Gasteiger partial charge in [-0.25, -0.2) is 0 Å². The Labute approximate surface area is 107 Å². The molecule has 0 atom stereocenters. The second kappa shape index (κ2) is 5.61. The predicted molar refractivity (Wildman–Crippen MR) is 73.6 cm³/mol. The van der Waals surface area contributed by atoms with Crippen LogP contribution in [-0.4, -0.2) is 5.78 Å². The summed E-state index contributed by atoms with van der Waals surface area (Å²) in [6, 6.07) is 15.3. The van der Waals surface area contributed by atoms with Crippen LogP contribution < -0.4 is 5.73 Å². The van der Waals surface area contributed by atoms with Crippen molar-refractivity contribution in [2.45, 2.75) is 19.9 Å². The molecule has 2 heteroatoms. The molecule has 2 aromatic carbocycles. The summed E-state index contributed by atoms with van der Waals surface area (Å²) in [5.41, 5.74) is 9.22. The summed E-state index contributed by atoms with van der Waals surface area (Å²) >= 11 is 0. The van der Waals surface area contributed by atoms with Gasteiger partial charge in [0.25, 0.3) is 0 Å². The minimum Gasteiger partial charge on any atom is -0.326 e. The normalized spacial score (nSPS) is 10.3. The first-order valence-electron chi connectivity index (χ1n) is 6.17. The summed E-state index contributed by atoms with van der Waals surface area (Å²) in [4.78, 5) is 12.3. The Morgan fingerprint density at radius 1 is 1.00 bits per heavy atom. The highest BCUT2D eigenvalue weighted by Gasteiger charge is 2.08. The van der Waals surface area contributed by atoms with Crippen LogP contribution in [0.2, 0.25) is 0 Å². The first-order chi connectivity index (χ1) is 8.74. The first kappa shape index (κ1) is 12.5. The smallest absolute Gasteiger partial charge is 0.193 e. The molecule has 0 heterocycles. The van der Waals surface area contributed by atoms with E-state index in [1.165, 1.54) is 5.56 Å². The topological polar surface area (TPSA) is 43.1 Å². The molecule has 92 valence electrons. The molecule has 18 heavy (non-hydrogen) atoms. The van der Waals surface area contributed by atoms with Gasteiger partial charge in [-0.2, -0.15) is 0 Å². The van der Waals surface area contributed by atoms with Crippen molar-refractivity contribution in [3.63, 3.8) is 0 Å². The van der Waals surface area contributed by atoms with Gasteiger partial charge in [0.1, 0.15) is 0 Å². The van der Waals surface area contributed by atoms with Crippen molar-refractivity contribution in [3.8, 4) is 0 Å². The minimum atomic E-state index is 0.0490. The van der Waals surface area contributed by atoms with Gasteiger partial charge >= 0.3 is 0 Å². The molecule has 0 aromatic heterocycles. The minimum absolute atomic E-state index is 0.0490. The molecule has 0 radical (unpaired) electrons. The Balaban J connectivity index is 2.29. The molecule has 0 aliphatic rings. The number of aryl methyl sites for hydroxylation is 1. The zero-order chi connectivity index (χ0) is 13.0. The van der Waals surface area contributed by atoms with Crippen LogP contribution in [0.25, 0.3) is 0 Å². The lowest BCUT2D eigenvalue weighted by molar-refractivity contribution is 0.103. The molecule has 0 amide bonds. The zero-order valence-electron chi connectivity index (χ0n) is 10.5. The van der Waals surface area contributed by atoms with E-state index in [2.05, 4.69) is 6.92 Å². The molecule has 2 N–H and O–H groups in total. The molecule has 2 aromatic rings. The van der Waals surface area contributed by atoms with Crippen LogP contribution in [0.4, 0.5) is 0 Å². The lowest BCUT2D eigenvalue weighted by atomic mass is 10.00. The molecule has 0 aliphatic carbocycles. The lowest BCUT2D eigenvalue weighted by Gasteiger charge is -2.04. The third-order valence-corrected chi connectivity index (χ3v) is 3.05. The van der Waals surface area contributed by atoms with E-state index in [1.807, 2.05) is 48.5 Å². The van der Waals surface area contributed by atoms with Crippen molar-refractivity contribution in [1.82, 2.24) is 0 Å². The van der Waals surface area contributed by atoms with E-state index in [0.29, 0.717) is 12.1 Å². The van der Waals surface area contributed by atoms with Gasteiger partial charge in [-0.3, -0.25) is 4.79 Å². The van der Waals surface area contributed by atoms with Crippen LogP contribution in [0.5, 0.6) is 0 Å². The fourth-order valence-corrected chi connectivity index (χ4v) is 1.90. The van der Waals surface area contributed by atoms with E-state index < -0.39 is 0 Å². The number of hydrogen-bond donors (Lipinski definition) is 1.